The van der Waals surface area contributed by atoms with Crippen molar-refractivity contribution >= 4 is 0 Å². The minimum atomic E-state index is 1.09. The standard InChI is InChI=1S/C11H12/c1-3-4-5-11-8-6-10(2)7-9-11/h3,6,8H,1,7,9H2,2H3. The van der Waals surface area contributed by atoms with Crippen molar-refractivity contribution < 1.29 is 0 Å². The summed E-state index contributed by atoms with van der Waals surface area (Å²) in [6.45, 7) is 5.69. The molecule has 1 aliphatic carbocycles. The summed E-state index contributed by atoms with van der Waals surface area (Å²) in [5.41, 5.74) is 2.66. The Balaban J connectivity index is 2.68. The molecular weight excluding hydrogens is 132 g/mol. The van der Waals surface area contributed by atoms with Crippen LogP contribution in [0.15, 0.2) is 36.0 Å². The lowest BCUT2D eigenvalue weighted by atomic mass is 10.0. The molecule has 0 amide bonds. The Morgan fingerprint density at radius 2 is 2.27 bits per heavy atom. The Morgan fingerprint density at radius 3 is 2.82 bits per heavy atom. The van der Waals surface area contributed by atoms with Gasteiger partial charge in [-0.3, -0.25) is 0 Å². The smallest absolute Gasteiger partial charge is 0.00270 e. The van der Waals surface area contributed by atoms with Crippen LogP contribution in [0, 0.1) is 11.8 Å². The van der Waals surface area contributed by atoms with E-state index in [0.29, 0.717) is 0 Å². The minimum Gasteiger partial charge on any atom is -0.0906 e. The zero-order valence-corrected chi connectivity index (χ0v) is 6.85. The van der Waals surface area contributed by atoms with Crippen molar-refractivity contribution in [2.45, 2.75) is 19.8 Å². The maximum absolute atomic E-state index is 3.54. The van der Waals surface area contributed by atoms with E-state index in [2.05, 4.69) is 37.5 Å². The van der Waals surface area contributed by atoms with Gasteiger partial charge in [0.1, 0.15) is 0 Å². The van der Waals surface area contributed by atoms with E-state index in [1.54, 1.807) is 6.08 Å². The molecule has 0 heterocycles. The van der Waals surface area contributed by atoms with Crippen LogP contribution in [-0.2, 0) is 0 Å². The van der Waals surface area contributed by atoms with E-state index in [1.165, 1.54) is 11.1 Å². The molecule has 1 rings (SSSR count). The van der Waals surface area contributed by atoms with E-state index in [4.69, 9.17) is 0 Å². The summed E-state index contributed by atoms with van der Waals surface area (Å²) in [5.74, 6) is 5.89. The first-order valence-corrected chi connectivity index (χ1v) is 3.81. The Hall–Kier alpha value is -1.22. The normalized spacial score (nSPS) is 15.7. The summed E-state index contributed by atoms with van der Waals surface area (Å²) in [6, 6.07) is 0. The monoisotopic (exact) mass is 144 g/mol. The summed E-state index contributed by atoms with van der Waals surface area (Å²) >= 11 is 0. The molecule has 0 saturated carbocycles. The molecule has 0 aromatic rings. The molecule has 0 aromatic carbocycles. The van der Waals surface area contributed by atoms with Gasteiger partial charge >= 0.3 is 0 Å². The van der Waals surface area contributed by atoms with Crippen LogP contribution in [0.1, 0.15) is 19.8 Å². The van der Waals surface area contributed by atoms with Gasteiger partial charge in [0.15, 0.2) is 0 Å². The molecule has 0 atom stereocenters. The quantitative estimate of drug-likeness (QED) is 0.458. The van der Waals surface area contributed by atoms with Gasteiger partial charge in [0.25, 0.3) is 0 Å². The highest BCUT2D eigenvalue weighted by atomic mass is 14.0. The van der Waals surface area contributed by atoms with Crippen LogP contribution in [0.5, 0.6) is 0 Å². The van der Waals surface area contributed by atoms with E-state index in [-0.39, 0.29) is 0 Å². The fourth-order valence-electron chi connectivity index (χ4n) is 0.989. The largest absolute Gasteiger partial charge is 0.0906 e. The van der Waals surface area contributed by atoms with Gasteiger partial charge < -0.3 is 0 Å². The Labute approximate surface area is 68.3 Å². The maximum Gasteiger partial charge on any atom is 0.00270 e. The van der Waals surface area contributed by atoms with Gasteiger partial charge in [-0.25, -0.2) is 0 Å². The van der Waals surface area contributed by atoms with Crippen LogP contribution in [0.25, 0.3) is 0 Å². The molecule has 0 N–H and O–H groups in total. The first-order valence-electron chi connectivity index (χ1n) is 3.81. The third kappa shape index (κ3) is 2.47. The molecule has 0 heteroatoms. The Morgan fingerprint density at radius 1 is 1.45 bits per heavy atom. The number of hydrogen-bond acceptors (Lipinski definition) is 0. The van der Waals surface area contributed by atoms with Crippen LogP contribution in [0.4, 0.5) is 0 Å². The van der Waals surface area contributed by atoms with Crippen molar-refractivity contribution in [3.8, 4) is 11.8 Å². The van der Waals surface area contributed by atoms with Gasteiger partial charge in [-0.15, -0.1) is 0 Å². The Bertz CT molecular complexity index is 266. The SMILES string of the molecule is C=CC#CC1=CC=C(C)CC1. The zero-order chi connectivity index (χ0) is 8.10. The molecule has 0 aromatic heterocycles. The molecule has 0 saturated heterocycles. The first kappa shape index (κ1) is 7.88. The maximum atomic E-state index is 3.54. The molecule has 0 unspecified atom stereocenters. The zero-order valence-electron chi connectivity index (χ0n) is 6.85. The lowest BCUT2D eigenvalue weighted by Crippen LogP contribution is -1.87. The summed E-state index contributed by atoms with van der Waals surface area (Å²) in [5, 5.41) is 0. The van der Waals surface area contributed by atoms with Crippen molar-refractivity contribution in [1.29, 1.82) is 0 Å². The molecule has 0 spiro atoms. The fourth-order valence-corrected chi connectivity index (χ4v) is 0.989. The Kier molecular flexibility index (Phi) is 2.74. The summed E-state index contributed by atoms with van der Waals surface area (Å²) in [7, 11) is 0. The van der Waals surface area contributed by atoms with Crippen LogP contribution in [0.3, 0.4) is 0 Å². The summed E-state index contributed by atoms with van der Waals surface area (Å²) in [4.78, 5) is 0. The first-order chi connectivity index (χ1) is 5.33. The second-order valence-corrected chi connectivity index (χ2v) is 2.68. The van der Waals surface area contributed by atoms with Gasteiger partial charge in [0.05, 0.1) is 0 Å². The van der Waals surface area contributed by atoms with Gasteiger partial charge in [0.2, 0.25) is 0 Å². The van der Waals surface area contributed by atoms with Crippen molar-refractivity contribution in [2.24, 2.45) is 0 Å². The molecule has 0 fully saturated rings. The molecule has 56 valence electrons. The molecule has 11 heavy (non-hydrogen) atoms. The topological polar surface area (TPSA) is 0 Å². The molecule has 0 radical (unpaired) electrons. The van der Waals surface area contributed by atoms with E-state index < -0.39 is 0 Å². The minimum absolute atomic E-state index is 1.09. The number of rotatable bonds is 0. The van der Waals surface area contributed by atoms with Crippen LogP contribution < -0.4 is 0 Å². The predicted molar refractivity (Wildman–Crippen MR) is 49.0 cm³/mol. The highest BCUT2D eigenvalue weighted by Crippen LogP contribution is 2.16. The third-order valence-electron chi connectivity index (χ3n) is 1.69. The molecule has 0 bridgehead atoms. The summed E-state index contributed by atoms with van der Waals surface area (Å²) in [6.07, 6.45) is 8.10. The van der Waals surface area contributed by atoms with Crippen LogP contribution >= 0.6 is 0 Å². The van der Waals surface area contributed by atoms with E-state index in [9.17, 15) is 0 Å². The molecule has 1 aliphatic rings. The van der Waals surface area contributed by atoms with Crippen molar-refractivity contribution in [3.63, 3.8) is 0 Å². The van der Waals surface area contributed by atoms with Crippen molar-refractivity contribution in [3.05, 3.63) is 36.0 Å². The third-order valence-corrected chi connectivity index (χ3v) is 1.69. The van der Waals surface area contributed by atoms with Crippen molar-refractivity contribution in [2.75, 3.05) is 0 Å². The van der Waals surface area contributed by atoms with Gasteiger partial charge in [0, 0.05) is 5.57 Å². The lowest BCUT2D eigenvalue weighted by Gasteiger charge is -2.05. The average Bonchev–Trinajstić information content (AvgIpc) is 2.04. The van der Waals surface area contributed by atoms with Gasteiger partial charge in [-0.2, -0.15) is 0 Å². The van der Waals surface area contributed by atoms with Gasteiger partial charge in [-0.05, 0) is 25.8 Å². The molecular formula is C11H12. The molecule has 0 aliphatic heterocycles. The predicted octanol–water partition coefficient (Wildman–Crippen LogP) is 2.84. The van der Waals surface area contributed by atoms with Gasteiger partial charge in [-0.1, -0.05) is 36.1 Å². The van der Waals surface area contributed by atoms with Crippen molar-refractivity contribution in [1.82, 2.24) is 0 Å². The van der Waals surface area contributed by atoms with E-state index in [1.807, 2.05) is 0 Å². The van der Waals surface area contributed by atoms with Crippen LogP contribution in [0.2, 0.25) is 0 Å². The highest BCUT2D eigenvalue weighted by Gasteiger charge is 1.98. The second-order valence-electron chi connectivity index (χ2n) is 2.68. The van der Waals surface area contributed by atoms with E-state index >= 15 is 0 Å². The fraction of sp³-hybridized carbons (Fsp3) is 0.273. The lowest BCUT2D eigenvalue weighted by molar-refractivity contribution is 0.934. The number of hydrogen-bond donors (Lipinski definition) is 0. The number of allylic oxidation sites excluding steroid dienone is 5. The summed E-state index contributed by atoms with van der Waals surface area (Å²) < 4.78 is 0. The highest BCUT2D eigenvalue weighted by molar-refractivity contribution is 5.37. The van der Waals surface area contributed by atoms with Crippen LogP contribution in [-0.4, -0.2) is 0 Å². The van der Waals surface area contributed by atoms with E-state index in [0.717, 1.165) is 12.8 Å². The second kappa shape index (κ2) is 3.83. The molecule has 0 nitrogen and oxygen atoms in total. The average molecular weight is 144 g/mol.